The first-order valence-corrected chi connectivity index (χ1v) is 11.3. The molecule has 6 nitrogen and oxygen atoms in total. The number of carbonyl (C=O) groups excluding carboxylic acids is 1. The first kappa shape index (κ1) is 21.2. The Hall–Kier alpha value is -3.69. The third-order valence-electron chi connectivity index (χ3n) is 6.27. The summed E-state index contributed by atoms with van der Waals surface area (Å²) in [6.45, 7) is 1.37. The smallest absolute Gasteiger partial charge is 0.228 e. The Kier molecular flexibility index (Phi) is 6.05. The zero-order chi connectivity index (χ0) is 22.6. The Morgan fingerprint density at radius 1 is 1.09 bits per heavy atom. The lowest BCUT2D eigenvalue weighted by Gasteiger charge is -2.23. The number of pyridine rings is 1. The quantitative estimate of drug-likeness (QED) is 0.589. The van der Waals surface area contributed by atoms with Crippen molar-refractivity contribution in [3.63, 3.8) is 0 Å². The summed E-state index contributed by atoms with van der Waals surface area (Å²) in [6, 6.07) is 19.5. The Balaban J connectivity index is 1.28. The maximum Gasteiger partial charge on any atom is 0.228 e. The van der Waals surface area contributed by atoms with E-state index in [4.69, 9.17) is 9.47 Å². The molecule has 0 spiro atoms. The molecule has 0 unspecified atom stereocenters. The zero-order valence-electron chi connectivity index (χ0n) is 18.2. The Bertz CT molecular complexity index is 1180. The van der Waals surface area contributed by atoms with Crippen molar-refractivity contribution in [3.05, 3.63) is 78.1 Å². The molecular weight excluding hydrogens is 414 g/mol. The van der Waals surface area contributed by atoms with Crippen molar-refractivity contribution in [1.29, 1.82) is 5.26 Å². The van der Waals surface area contributed by atoms with Crippen molar-refractivity contribution in [2.45, 2.75) is 31.3 Å². The fraction of sp³-hybridized carbons (Fsp3) is 0.296. The number of nitriles is 1. The topological polar surface area (TPSA) is 84.2 Å². The van der Waals surface area contributed by atoms with E-state index < -0.39 is 0 Å². The second-order valence-electron chi connectivity index (χ2n) is 8.56. The maximum absolute atomic E-state index is 12.7. The molecule has 0 bridgehead atoms. The van der Waals surface area contributed by atoms with Crippen LogP contribution in [0.15, 0.2) is 67.0 Å². The molecule has 166 valence electrons. The molecule has 3 aromatic rings. The zero-order valence-corrected chi connectivity index (χ0v) is 18.2. The van der Waals surface area contributed by atoms with Gasteiger partial charge in [-0.2, -0.15) is 5.26 Å². The predicted octanol–water partition coefficient (Wildman–Crippen LogP) is 4.92. The van der Waals surface area contributed by atoms with Gasteiger partial charge in [-0.15, -0.1) is 0 Å². The van der Waals surface area contributed by atoms with Gasteiger partial charge in [0.05, 0.1) is 18.8 Å². The third-order valence-corrected chi connectivity index (χ3v) is 6.27. The van der Waals surface area contributed by atoms with Gasteiger partial charge in [0.25, 0.3) is 0 Å². The fourth-order valence-corrected chi connectivity index (χ4v) is 4.33. The summed E-state index contributed by atoms with van der Waals surface area (Å²) < 4.78 is 11.4. The Morgan fingerprint density at radius 3 is 2.73 bits per heavy atom. The van der Waals surface area contributed by atoms with E-state index in [0.717, 1.165) is 41.6 Å². The lowest BCUT2D eigenvalue weighted by molar-refractivity contribution is -0.117. The number of aromatic nitrogens is 1. The molecule has 2 aliphatic rings. The van der Waals surface area contributed by atoms with E-state index in [2.05, 4.69) is 16.4 Å². The summed E-state index contributed by atoms with van der Waals surface area (Å²) in [5.41, 5.74) is 4.20. The number of rotatable bonds is 6. The highest BCUT2D eigenvalue weighted by Crippen LogP contribution is 2.47. The number of benzene rings is 2. The summed E-state index contributed by atoms with van der Waals surface area (Å²) >= 11 is 0. The standard InChI is InChI=1S/C27H25N3O3/c28-16-21-13-19(6-7-26(21)33-23-8-11-32-12-9-23)18-3-1-5-22(14-18)30-27(31)25-15-24(25)20-4-2-10-29-17-20/h1-7,10,13-14,17,23-25H,8-9,11-12,15H2,(H,30,31)/t24-,25+/m1/s1. The molecule has 2 atom stereocenters. The molecule has 6 heteroatoms. The first-order chi connectivity index (χ1) is 16.2. The van der Waals surface area contributed by atoms with Crippen molar-refractivity contribution in [1.82, 2.24) is 4.98 Å². The molecule has 2 heterocycles. The summed E-state index contributed by atoms with van der Waals surface area (Å²) in [7, 11) is 0. The molecule has 1 saturated carbocycles. The molecule has 1 aliphatic heterocycles. The van der Waals surface area contributed by atoms with E-state index in [0.29, 0.717) is 24.5 Å². The molecule has 1 aromatic heterocycles. The van der Waals surface area contributed by atoms with Gasteiger partial charge in [-0.25, -0.2) is 0 Å². The van der Waals surface area contributed by atoms with Crippen LogP contribution in [0.5, 0.6) is 5.75 Å². The number of ether oxygens (including phenoxy) is 2. The summed E-state index contributed by atoms with van der Waals surface area (Å²) in [4.78, 5) is 16.9. The van der Waals surface area contributed by atoms with Crippen LogP contribution in [0.3, 0.4) is 0 Å². The van der Waals surface area contributed by atoms with Crippen molar-refractivity contribution in [2.75, 3.05) is 18.5 Å². The van der Waals surface area contributed by atoms with E-state index in [9.17, 15) is 10.1 Å². The number of nitrogens with one attached hydrogen (secondary N) is 1. The van der Waals surface area contributed by atoms with E-state index >= 15 is 0 Å². The Labute approximate surface area is 193 Å². The first-order valence-electron chi connectivity index (χ1n) is 11.3. The fourth-order valence-electron chi connectivity index (χ4n) is 4.33. The number of anilines is 1. The van der Waals surface area contributed by atoms with Crippen LogP contribution in [-0.4, -0.2) is 30.2 Å². The second-order valence-corrected chi connectivity index (χ2v) is 8.56. The van der Waals surface area contributed by atoms with E-state index in [1.165, 1.54) is 0 Å². The van der Waals surface area contributed by atoms with Crippen LogP contribution in [0.2, 0.25) is 0 Å². The molecule has 5 rings (SSSR count). The van der Waals surface area contributed by atoms with Crippen LogP contribution in [0, 0.1) is 17.2 Å². The van der Waals surface area contributed by atoms with Crippen molar-refractivity contribution >= 4 is 11.6 Å². The highest BCUT2D eigenvalue weighted by atomic mass is 16.5. The SMILES string of the molecule is N#Cc1cc(-c2cccc(NC(=O)[C@H]3C[C@@H]3c3cccnc3)c2)ccc1OC1CCOCC1. The van der Waals surface area contributed by atoms with Gasteiger partial charge in [-0.3, -0.25) is 9.78 Å². The van der Waals surface area contributed by atoms with Crippen molar-refractivity contribution < 1.29 is 14.3 Å². The predicted molar refractivity (Wildman–Crippen MR) is 125 cm³/mol. The van der Waals surface area contributed by atoms with Gasteiger partial charge in [0.2, 0.25) is 5.91 Å². The van der Waals surface area contributed by atoms with Gasteiger partial charge < -0.3 is 14.8 Å². The number of carbonyl (C=O) groups is 1. The Morgan fingerprint density at radius 2 is 1.94 bits per heavy atom. The molecule has 2 fully saturated rings. The van der Waals surface area contributed by atoms with Crippen LogP contribution in [0.1, 0.15) is 36.3 Å². The molecule has 2 aromatic carbocycles. The second kappa shape index (κ2) is 9.43. The third kappa shape index (κ3) is 4.89. The number of amides is 1. The average molecular weight is 440 g/mol. The minimum Gasteiger partial charge on any atom is -0.489 e. The van der Waals surface area contributed by atoms with Crippen LogP contribution < -0.4 is 10.1 Å². The van der Waals surface area contributed by atoms with Gasteiger partial charge >= 0.3 is 0 Å². The molecule has 1 amide bonds. The van der Waals surface area contributed by atoms with Crippen molar-refractivity contribution in [2.24, 2.45) is 5.92 Å². The molecular formula is C27H25N3O3. The highest BCUT2D eigenvalue weighted by molar-refractivity contribution is 5.95. The minimum atomic E-state index is -0.0235. The van der Waals surface area contributed by atoms with Crippen LogP contribution in [-0.2, 0) is 9.53 Å². The minimum absolute atomic E-state index is 0.0235. The van der Waals surface area contributed by atoms with E-state index in [1.54, 1.807) is 6.20 Å². The lowest BCUT2D eigenvalue weighted by Crippen LogP contribution is -2.26. The molecule has 1 saturated heterocycles. The van der Waals surface area contributed by atoms with Gasteiger partial charge in [-0.1, -0.05) is 24.3 Å². The van der Waals surface area contributed by atoms with E-state index in [-0.39, 0.29) is 23.8 Å². The van der Waals surface area contributed by atoms with Crippen LogP contribution in [0.25, 0.3) is 11.1 Å². The molecule has 33 heavy (non-hydrogen) atoms. The van der Waals surface area contributed by atoms with Gasteiger partial charge in [0, 0.05) is 36.8 Å². The average Bonchev–Trinajstić information content (AvgIpc) is 3.67. The summed E-state index contributed by atoms with van der Waals surface area (Å²) in [6.07, 6.45) is 6.16. The monoisotopic (exact) mass is 439 g/mol. The highest BCUT2D eigenvalue weighted by Gasteiger charge is 2.44. The van der Waals surface area contributed by atoms with Gasteiger partial charge in [0.15, 0.2) is 0 Å². The van der Waals surface area contributed by atoms with E-state index in [1.807, 2.05) is 60.8 Å². The van der Waals surface area contributed by atoms with Crippen LogP contribution in [0.4, 0.5) is 5.69 Å². The lowest BCUT2D eigenvalue weighted by atomic mass is 10.0. The summed E-state index contributed by atoms with van der Waals surface area (Å²) in [5, 5.41) is 12.7. The van der Waals surface area contributed by atoms with Crippen molar-refractivity contribution in [3.8, 4) is 22.9 Å². The van der Waals surface area contributed by atoms with Gasteiger partial charge in [-0.05, 0) is 59.4 Å². The number of nitrogens with zero attached hydrogens (tertiary/aromatic N) is 2. The normalized spacial score (nSPS) is 20.0. The molecule has 1 N–H and O–H groups in total. The number of hydrogen-bond donors (Lipinski definition) is 1. The summed E-state index contributed by atoms with van der Waals surface area (Å²) in [5.74, 6) is 0.847. The van der Waals surface area contributed by atoms with Crippen LogP contribution >= 0.6 is 0 Å². The molecule has 1 aliphatic carbocycles. The molecule has 0 radical (unpaired) electrons. The van der Waals surface area contributed by atoms with Gasteiger partial charge in [0.1, 0.15) is 17.9 Å². The largest absolute Gasteiger partial charge is 0.489 e. The maximum atomic E-state index is 12.7. The number of hydrogen-bond acceptors (Lipinski definition) is 5.